The van der Waals surface area contributed by atoms with Crippen molar-refractivity contribution < 1.29 is 38.3 Å². The van der Waals surface area contributed by atoms with Crippen molar-refractivity contribution in [2.75, 3.05) is 34.2 Å². The predicted molar refractivity (Wildman–Crippen MR) is 126 cm³/mol. The Morgan fingerprint density at radius 2 is 2.00 bits per heavy atom. The number of aliphatic hydroxyl groups is 1. The normalized spacial score (nSPS) is 29.8. The van der Waals surface area contributed by atoms with Crippen LogP contribution < -0.4 is 4.74 Å². The Kier molecular flexibility index (Phi) is 7.56. The fourth-order valence-corrected chi connectivity index (χ4v) is 4.29. The Bertz CT molecular complexity index is 1030. The molecular formula is C27H32O8. The molecule has 0 amide bonds. The summed E-state index contributed by atoms with van der Waals surface area (Å²) in [6.07, 6.45) is 6.36. The van der Waals surface area contributed by atoms with Crippen LogP contribution in [0.1, 0.15) is 25.8 Å². The number of terminal acetylenes is 1. The van der Waals surface area contributed by atoms with Gasteiger partial charge in [-0.2, -0.15) is 0 Å². The molecule has 2 fully saturated rings. The fraction of sp³-hybridized carbons (Fsp3) is 0.556. The van der Waals surface area contributed by atoms with Crippen molar-refractivity contribution in [3.63, 3.8) is 0 Å². The summed E-state index contributed by atoms with van der Waals surface area (Å²) < 4.78 is 39.8. The van der Waals surface area contributed by atoms with Gasteiger partial charge in [-0.1, -0.05) is 24.0 Å². The molecule has 0 aromatic heterocycles. The first kappa shape index (κ1) is 25.7. The van der Waals surface area contributed by atoms with Gasteiger partial charge in [0.2, 0.25) is 0 Å². The third-order valence-electron chi connectivity index (χ3n) is 6.28. The van der Waals surface area contributed by atoms with E-state index in [0.29, 0.717) is 12.2 Å². The highest BCUT2D eigenvalue weighted by molar-refractivity contribution is 5.49. The van der Waals surface area contributed by atoms with Crippen LogP contribution in [0.3, 0.4) is 0 Å². The molecule has 3 aliphatic rings. The van der Waals surface area contributed by atoms with Gasteiger partial charge in [0, 0.05) is 12.7 Å². The molecule has 0 bridgehead atoms. The summed E-state index contributed by atoms with van der Waals surface area (Å²) in [7, 11) is 3.17. The quantitative estimate of drug-likeness (QED) is 0.307. The van der Waals surface area contributed by atoms with Crippen molar-refractivity contribution in [1.82, 2.24) is 0 Å². The number of benzene rings is 1. The van der Waals surface area contributed by atoms with E-state index in [9.17, 15) is 5.11 Å². The Balaban J connectivity index is 1.53. The van der Waals surface area contributed by atoms with Gasteiger partial charge in [0.15, 0.2) is 17.0 Å². The lowest BCUT2D eigenvalue weighted by molar-refractivity contribution is -0.159. The average molecular weight is 485 g/mol. The SMILES string of the molecule is C#CC[C@@](O)(C#CC1=C[C@H]2O[C@H]2[C@]1(COCc1ccc(OC)cc1)OCOC)[C@H]1COC(C)(C)O1. The van der Waals surface area contributed by atoms with Crippen LogP contribution in [0, 0.1) is 24.2 Å². The Hall–Kier alpha value is -2.40. The molecule has 0 saturated carbocycles. The molecule has 2 aliphatic heterocycles. The van der Waals surface area contributed by atoms with Crippen LogP contribution in [0.2, 0.25) is 0 Å². The van der Waals surface area contributed by atoms with Gasteiger partial charge in [-0.3, -0.25) is 0 Å². The number of ether oxygens (including phenoxy) is 7. The molecular weight excluding hydrogens is 452 g/mol. The third kappa shape index (κ3) is 5.55. The maximum atomic E-state index is 11.3. The van der Waals surface area contributed by atoms with Crippen LogP contribution in [0.15, 0.2) is 35.9 Å². The summed E-state index contributed by atoms with van der Waals surface area (Å²) in [5, 5.41) is 11.3. The fourth-order valence-electron chi connectivity index (χ4n) is 4.29. The molecule has 35 heavy (non-hydrogen) atoms. The molecule has 1 N–H and O–H groups in total. The summed E-state index contributed by atoms with van der Waals surface area (Å²) in [5.41, 5.74) is -0.920. The highest BCUT2D eigenvalue weighted by Gasteiger charge is 2.62. The zero-order valence-corrected chi connectivity index (χ0v) is 20.5. The van der Waals surface area contributed by atoms with Crippen LogP contribution in [0.25, 0.3) is 0 Å². The van der Waals surface area contributed by atoms with Gasteiger partial charge >= 0.3 is 0 Å². The molecule has 1 aromatic rings. The standard InChI is InChI=1S/C27H32O8/c1-6-12-26(28,23-16-32-25(2,3)35-23)13-11-20-14-22-24(34-22)27(20,33-18-29-4)17-31-15-19-7-9-21(30-5)10-8-19/h1,7-10,14,22-24,28H,12,15-18H2,2-5H3/t22-,23-,24-,26-,27-/m1/s1. The minimum Gasteiger partial charge on any atom is -0.497 e. The number of hydrogen-bond donors (Lipinski definition) is 1. The first-order chi connectivity index (χ1) is 16.7. The van der Waals surface area contributed by atoms with Crippen molar-refractivity contribution >= 4 is 0 Å². The van der Waals surface area contributed by atoms with E-state index < -0.39 is 23.1 Å². The van der Waals surface area contributed by atoms with Gasteiger partial charge in [-0.15, -0.1) is 12.3 Å². The van der Waals surface area contributed by atoms with E-state index in [1.54, 1.807) is 28.1 Å². The number of epoxide rings is 1. The monoisotopic (exact) mass is 484 g/mol. The predicted octanol–water partition coefficient (Wildman–Crippen LogP) is 2.19. The molecule has 5 atom stereocenters. The zero-order chi connectivity index (χ0) is 25.1. The second kappa shape index (κ2) is 10.3. The van der Waals surface area contributed by atoms with E-state index in [1.807, 2.05) is 30.3 Å². The van der Waals surface area contributed by atoms with Crippen molar-refractivity contribution in [1.29, 1.82) is 0 Å². The van der Waals surface area contributed by atoms with Crippen LogP contribution in [-0.2, 0) is 35.0 Å². The Morgan fingerprint density at radius 1 is 1.23 bits per heavy atom. The molecule has 188 valence electrons. The third-order valence-corrected chi connectivity index (χ3v) is 6.28. The molecule has 4 rings (SSSR count). The summed E-state index contributed by atoms with van der Waals surface area (Å²) >= 11 is 0. The van der Waals surface area contributed by atoms with Crippen LogP contribution in [-0.4, -0.2) is 74.6 Å². The van der Waals surface area contributed by atoms with Crippen LogP contribution >= 0.6 is 0 Å². The minimum atomic E-state index is -1.59. The molecule has 2 saturated heterocycles. The Morgan fingerprint density at radius 3 is 2.63 bits per heavy atom. The topological polar surface area (TPSA) is 88.1 Å². The van der Waals surface area contributed by atoms with Gasteiger partial charge in [-0.25, -0.2) is 0 Å². The van der Waals surface area contributed by atoms with Gasteiger partial charge in [-0.05, 0) is 37.6 Å². The molecule has 0 unspecified atom stereocenters. The number of hydrogen-bond acceptors (Lipinski definition) is 8. The van der Waals surface area contributed by atoms with Crippen LogP contribution in [0.5, 0.6) is 5.75 Å². The molecule has 1 aliphatic carbocycles. The van der Waals surface area contributed by atoms with Crippen LogP contribution in [0.4, 0.5) is 0 Å². The van der Waals surface area contributed by atoms with Crippen molar-refractivity contribution in [3.8, 4) is 29.9 Å². The maximum absolute atomic E-state index is 11.3. The molecule has 0 radical (unpaired) electrons. The number of fused-ring (bicyclic) bond motifs is 1. The summed E-state index contributed by atoms with van der Waals surface area (Å²) in [6, 6.07) is 7.64. The van der Waals surface area contributed by atoms with Crippen molar-refractivity contribution in [3.05, 3.63) is 41.5 Å². The lowest BCUT2D eigenvalue weighted by Gasteiger charge is -2.31. The molecule has 8 nitrogen and oxygen atoms in total. The van der Waals surface area contributed by atoms with E-state index in [2.05, 4.69) is 17.8 Å². The largest absolute Gasteiger partial charge is 0.497 e. The molecule has 2 heterocycles. The van der Waals surface area contributed by atoms with Gasteiger partial charge in [0.25, 0.3) is 0 Å². The zero-order valence-electron chi connectivity index (χ0n) is 20.5. The highest BCUT2D eigenvalue weighted by atomic mass is 16.7. The smallest absolute Gasteiger partial charge is 0.164 e. The molecule has 1 aromatic carbocycles. The Labute approximate surface area is 206 Å². The second-order valence-corrected chi connectivity index (χ2v) is 9.26. The summed E-state index contributed by atoms with van der Waals surface area (Å²) in [6.45, 7) is 4.33. The highest BCUT2D eigenvalue weighted by Crippen LogP contribution is 2.48. The van der Waals surface area contributed by atoms with E-state index in [-0.39, 0.29) is 38.6 Å². The second-order valence-electron chi connectivity index (χ2n) is 9.26. The van der Waals surface area contributed by atoms with Gasteiger partial charge in [0.1, 0.15) is 30.9 Å². The van der Waals surface area contributed by atoms with E-state index in [1.165, 1.54) is 0 Å². The summed E-state index contributed by atoms with van der Waals surface area (Å²) in [4.78, 5) is 0. The van der Waals surface area contributed by atoms with E-state index in [0.717, 1.165) is 11.3 Å². The first-order valence-corrected chi connectivity index (χ1v) is 11.5. The molecule has 8 heteroatoms. The van der Waals surface area contributed by atoms with E-state index >= 15 is 0 Å². The van der Waals surface area contributed by atoms with Crippen molar-refractivity contribution in [2.45, 2.75) is 62.2 Å². The van der Waals surface area contributed by atoms with E-state index in [4.69, 9.17) is 39.6 Å². The summed E-state index contributed by atoms with van der Waals surface area (Å²) in [5.74, 6) is 8.52. The minimum absolute atomic E-state index is 0.0133. The first-order valence-electron chi connectivity index (χ1n) is 11.5. The lowest BCUT2D eigenvalue weighted by Crippen LogP contribution is -2.45. The maximum Gasteiger partial charge on any atom is 0.164 e. The average Bonchev–Trinajstić information content (AvgIpc) is 3.43. The number of rotatable bonds is 10. The van der Waals surface area contributed by atoms with Crippen molar-refractivity contribution in [2.24, 2.45) is 0 Å². The molecule has 0 spiro atoms. The van der Waals surface area contributed by atoms with Gasteiger partial charge < -0.3 is 38.3 Å². The number of methoxy groups -OCH3 is 2. The lowest BCUT2D eigenvalue weighted by atomic mass is 9.91. The van der Waals surface area contributed by atoms with Gasteiger partial charge in [0.05, 0.1) is 33.4 Å².